The Kier molecular flexibility index (Phi) is 6.11. The molecule has 0 atom stereocenters. The minimum absolute atomic E-state index is 0.157. The van der Waals surface area contributed by atoms with Crippen molar-refractivity contribution in [1.82, 2.24) is 0 Å². The Morgan fingerprint density at radius 3 is 2.10 bits per heavy atom. The molecule has 0 aromatic heterocycles. The predicted molar refractivity (Wildman–Crippen MR) is 106 cm³/mol. The maximum absolute atomic E-state index is 12.6. The zero-order valence-corrected chi connectivity index (χ0v) is 16.8. The molecular weight excluding hydrogens is 378 g/mol. The molecule has 1 aliphatic rings. The number of rotatable bonds is 9. The lowest BCUT2D eigenvalue weighted by Gasteiger charge is -2.20. The first-order valence-electron chi connectivity index (χ1n) is 9.11. The first kappa shape index (κ1) is 20.3. The van der Waals surface area contributed by atoms with Crippen LogP contribution in [0, 0.1) is 0 Å². The van der Waals surface area contributed by atoms with Gasteiger partial charge in [-0.1, -0.05) is 12.1 Å². The highest BCUT2D eigenvalue weighted by Crippen LogP contribution is 2.47. The molecular formula is C21H23NO7. The molecule has 2 aromatic rings. The summed E-state index contributed by atoms with van der Waals surface area (Å²) in [6, 6.07) is 8.86. The lowest BCUT2D eigenvalue weighted by molar-refractivity contribution is -0.114. The van der Waals surface area contributed by atoms with Crippen LogP contribution in [0.15, 0.2) is 30.3 Å². The zero-order valence-electron chi connectivity index (χ0n) is 16.8. The van der Waals surface area contributed by atoms with Crippen LogP contribution in [-0.4, -0.2) is 52.8 Å². The molecule has 0 saturated heterocycles. The molecule has 154 valence electrons. The summed E-state index contributed by atoms with van der Waals surface area (Å²) in [5.41, 5.74) is 0.557. The van der Waals surface area contributed by atoms with Gasteiger partial charge in [-0.05, 0) is 19.1 Å². The Labute approximate surface area is 168 Å². The van der Waals surface area contributed by atoms with Crippen molar-refractivity contribution in [3.05, 3.63) is 35.9 Å². The SMILES string of the molecule is CCOc1ccccc1OCCN1C(=O)C(=O)c2c1cc(OC)c(OC)c2OC. The van der Waals surface area contributed by atoms with Gasteiger partial charge in [0.15, 0.2) is 23.0 Å². The van der Waals surface area contributed by atoms with Crippen LogP contribution in [0.25, 0.3) is 0 Å². The summed E-state index contributed by atoms with van der Waals surface area (Å²) >= 11 is 0. The van der Waals surface area contributed by atoms with Crippen LogP contribution < -0.4 is 28.6 Å². The van der Waals surface area contributed by atoms with E-state index in [1.165, 1.54) is 26.2 Å². The molecule has 0 aliphatic carbocycles. The molecule has 0 saturated carbocycles. The van der Waals surface area contributed by atoms with Gasteiger partial charge in [0.25, 0.3) is 11.7 Å². The Bertz CT molecular complexity index is 925. The van der Waals surface area contributed by atoms with Gasteiger partial charge in [-0.15, -0.1) is 0 Å². The molecule has 0 N–H and O–H groups in total. The minimum Gasteiger partial charge on any atom is -0.493 e. The highest BCUT2D eigenvalue weighted by Gasteiger charge is 2.41. The molecule has 0 spiro atoms. The summed E-state index contributed by atoms with van der Waals surface area (Å²) in [6.45, 7) is 2.72. The van der Waals surface area contributed by atoms with Crippen molar-refractivity contribution >= 4 is 17.4 Å². The van der Waals surface area contributed by atoms with Gasteiger partial charge in [0.05, 0.1) is 45.7 Å². The minimum atomic E-state index is -0.660. The summed E-state index contributed by atoms with van der Waals surface area (Å²) in [4.78, 5) is 26.6. The fraction of sp³-hybridized carbons (Fsp3) is 0.333. The fourth-order valence-corrected chi connectivity index (χ4v) is 3.23. The van der Waals surface area contributed by atoms with E-state index in [2.05, 4.69) is 0 Å². The van der Waals surface area contributed by atoms with Crippen LogP contribution >= 0.6 is 0 Å². The van der Waals surface area contributed by atoms with Gasteiger partial charge in [-0.25, -0.2) is 0 Å². The number of carbonyl (C=O) groups excluding carboxylic acids is 2. The van der Waals surface area contributed by atoms with E-state index in [1.807, 2.05) is 19.1 Å². The summed E-state index contributed by atoms with van der Waals surface area (Å²) in [5, 5.41) is 0. The number of nitrogens with zero attached hydrogens (tertiary/aromatic N) is 1. The van der Waals surface area contributed by atoms with E-state index in [0.29, 0.717) is 29.5 Å². The summed E-state index contributed by atoms with van der Waals surface area (Å²) in [7, 11) is 4.32. The van der Waals surface area contributed by atoms with E-state index < -0.39 is 11.7 Å². The molecule has 2 aromatic carbocycles. The molecule has 1 aliphatic heterocycles. The Morgan fingerprint density at radius 1 is 0.862 bits per heavy atom. The number of Topliss-reactive ketones (excluding diaryl/α,β-unsaturated/α-hetero) is 1. The van der Waals surface area contributed by atoms with Crippen molar-refractivity contribution in [2.75, 3.05) is 46.0 Å². The monoisotopic (exact) mass is 401 g/mol. The average molecular weight is 401 g/mol. The number of ketones is 1. The van der Waals surface area contributed by atoms with Gasteiger partial charge in [-0.2, -0.15) is 0 Å². The van der Waals surface area contributed by atoms with E-state index in [4.69, 9.17) is 23.7 Å². The topological polar surface area (TPSA) is 83.5 Å². The molecule has 0 bridgehead atoms. The van der Waals surface area contributed by atoms with Crippen LogP contribution in [-0.2, 0) is 4.79 Å². The normalized spacial score (nSPS) is 12.6. The maximum atomic E-state index is 12.6. The van der Waals surface area contributed by atoms with Crippen LogP contribution in [0.1, 0.15) is 17.3 Å². The van der Waals surface area contributed by atoms with Gasteiger partial charge in [-0.3, -0.25) is 9.59 Å². The Balaban J connectivity index is 1.86. The van der Waals surface area contributed by atoms with Gasteiger partial charge in [0.2, 0.25) is 5.75 Å². The first-order valence-corrected chi connectivity index (χ1v) is 9.11. The van der Waals surface area contributed by atoms with Gasteiger partial charge in [0, 0.05) is 6.07 Å². The number of benzene rings is 2. The number of para-hydroxylation sites is 2. The van der Waals surface area contributed by atoms with E-state index in [-0.39, 0.29) is 30.2 Å². The van der Waals surface area contributed by atoms with Gasteiger partial charge >= 0.3 is 0 Å². The quantitative estimate of drug-likeness (QED) is 0.598. The number of hydrogen-bond donors (Lipinski definition) is 0. The van der Waals surface area contributed by atoms with Crippen molar-refractivity contribution < 1.29 is 33.3 Å². The summed E-state index contributed by atoms with van der Waals surface area (Å²) in [5.74, 6) is 0.662. The third-order valence-corrected chi connectivity index (χ3v) is 4.49. The van der Waals surface area contributed by atoms with Crippen LogP contribution in [0.2, 0.25) is 0 Å². The number of carbonyl (C=O) groups is 2. The van der Waals surface area contributed by atoms with Gasteiger partial charge in [0.1, 0.15) is 6.61 Å². The fourth-order valence-electron chi connectivity index (χ4n) is 3.23. The van der Waals surface area contributed by atoms with Crippen molar-refractivity contribution in [2.24, 2.45) is 0 Å². The lowest BCUT2D eigenvalue weighted by atomic mass is 10.1. The number of methoxy groups -OCH3 is 3. The second-order valence-corrected chi connectivity index (χ2v) is 6.05. The van der Waals surface area contributed by atoms with Crippen molar-refractivity contribution in [2.45, 2.75) is 6.92 Å². The predicted octanol–water partition coefficient (Wildman–Crippen LogP) is 2.72. The molecule has 1 amide bonds. The Morgan fingerprint density at radius 2 is 1.52 bits per heavy atom. The second kappa shape index (κ2) is 8.72. The lowest BCUT2D eigenvalue weighted by Crippen LogP contribution is -2.33. The van der Waals surface area contributed by atoms with Crippen LogP contribution in [0.4, 0.5) is 5.69 Å². The highest BCUT2D eigenvalue weighted by atomic mass is 16.5. The third kappa shape index (κ3) is 3.65. The van der Waals surface area contributed by atoms with Gasteiger partial charge < -0.3 is 28.6 Å². The van der Waals surface area contributed by atoms with E-state index in [9.17, 15) is 9.59 Å². The van der Waals surface area contributed by atoms with E-state index in [1.54, 1.807) is 18.2 Å². The average Bonchev–Trinajstić information content (AvgIpc) is 2.98. The molecule has 8 heteroatoms. The maximum Gasteiger partial charge on any atom is 0.299 e. The molecule has 1 heterocycles. The van der Waals surface area contributed by atoms with Crippen molar-refractivity contribution in [3.8, 4) is 28.7 Å². The zero-order chi connectivity index (χ0) is 21.0. The number of amides is 1. The molecule has 0 unspecified atom stereocenters. The van der Waals surface area contributed by atoms with Crippen molar-refractivity contribution in [1.29, 1.82) is 0 Å². The molecule has 8 nitrogen and oxygen atoms in total. The Hall–Kier alpha value is -3.42. The van der Waals surface area contributed by atoms with Crippen molar-refractivity contribution in [3.63, 3.8) is 0 Å². The van der Waals surface area contributed by atoms with Crippen LogP contribution in [0.5, 0.6) is 28.7 Å². The largest absolute Gasteiger partial charge is 0.493 e. The number of ether oxygens (including phenoxy) is 5. The molecule has 29 heavy (non-hydrogen) atoms. The smallest absolute Gasteiger partial charge is 0.299 e. The standard InChI is InChI=1S/C21H23NO7/c1-5-28-14-8-6-7-9-15(14)29-11-10-22-13-12-16(25-2)19(26-3)20(27-4)17(13)18(23)21(22)24/h6-9,12H,5,10-11H2,1-4H3. The first-order chi connectivity index (χ1) is 14.1. The third-order valence-electron chi connectivity index (χ3n) is 4.49. The summed E-state index contributed by atoms with van der Waals surface area (Å²) < 4.78 is 27.3. The molecule has 0 fully saturated rings. The number of hydrogen-bond acceptors (Lipinski definition) is 7. The van der Waals surface area contributed by atoms with E-state index >= 15 is 0 Å². The van der Waals surface area contributed by atoms with E-state index in [0.717, 1.165) is 0 Å². The second-order valence-electron chi connectivity index (χ2n) is 6.05. The summed E-state index contributed by atoms with van der Waals surface area (Å²) in [6.07, 6.45) is 0. The molecule has 0 radical (unpaired) electrons. The number of anilines is 1. The highest BCUT2D eigenvalue weighted by molar-refractivity contribution is 6.53. The number of fused-ring (bicyclic) bond motifs is 1. The molecule has 3 rings (SSSR count). The van der Waals surface area contributed by atoms with Crippen LogP contribution in [0.3, 0.4) is 0 Å².